The van der Waals surface area contributed by atoms with Gasteiger partial charge in [0.25, 0.3) is 0 Å². The molecule has 3 nitrogen and oxygen atoms in total. The molecule has 0 amide bonds. The number of carbonyl (C=O) groups excluding carboxylic acids is 1. The van der Waals surface area contributed by atoms with Crippen LogP contribution in [0.4, 0.5) is 0 Å². The van der Waals surface area contributed by atoms with Crippen molar-refractivity contribution in [3.63, 3.8) is 0 Å². The van der Waals surface area contributed by atoms with Gasteiger partial charge in [0.2, 0.25) is 0 Å². The van der Waals surface area contributed by atoms with Crippen molar-refractivity contribution < 1.29 is 14.3 Å². The predicted octanol–water partition coefficient (Wildman–Crippen LogP) is 2.21. The minimum Gasteiger partial charge on any atom is -0.452 e. The molecule has 2 bridgehead atoms. The Kier molecular flexibility index (Phi) is 2.59. The number of hydrogen-bond acceptors (Lipinski definition) is 3. The van der Waals surface area contributed by atoms with Crippen molar-refractivity contribution in [2.24, 2.45) is 0 Å². The summed E-state index contributed by atoms with van der Waals surface area (Å²) in [5.41, 5.74) is 0.647. The fraction of sp³-hybridized carbons (Fsp3) is 0.750. The second-order valence-electron chi connectivity index (χ2n) is 4.48. The molecule has 84 valence electrons. The van der Waals surface area contributed by atoms with Gasteiger partial charge in [-0.05, 0) is 32.3 Å². The van der Waals surface area contributed by atoms with E-state index in [0.29, 0.717) is 0 Å². The van der Waals surface area contributed by atoms with Gasteiger partial charge in [0, 0.05) is 13.3 Å². The van der Waals surface area contributed by atoms with E-state index in [1.807, 2.05) is 19.9 Å². The molecule has 3 atom stereocenters. The van der Waals surface area contributed by atoms with Crippen LogP contribution in [0.15, 0.2) is 11.6 Å². The number of carbonyl (C=O) groups is 1. The van der Waals surface area contributed by atoms with Crippen LogP contribution >= 0.6 is 0 Å². The molecule has 2 rings (SSSR count). The minimum absolute atomic E-state index is 0.0719. The van der Waals surface area contributed by atoms with Gasteiger partial charge in [0.1, 0.15) is 6.10 Å². The maximum absolute atomic E-state index is 11.2. The Bertz CT molecular complexity index is 308. The second kappa shape index (κ2) is 3.63. The standard InChI is InChI=1S/C12H18O3/c1-4-8(2)12(15-9(3)13)7-10-5-6-11(12)14-10/h4,10-11H,5-7H2,1-3H3/b8-4+. The van der Waals surface area contributed by atoms with Gasteiger partial charge in [0.15, 0.2) is 5.60 Å². The van der Waals surface area contributed by atoms with Crippen molar-refractivity contribution in [2.75, 3.05) is 0 Å². The molecule has 2 fully saturated rings. The number of hydrogen-bond donors (Lipinski definition) is 0. The number of ether oxygens (including phenoxy) is 2. The van der Waals surface area contributed by atoms with Crippen LogP contribution < -0.4 is 0 Å². The zero-order valence-electron chi connectivity index (χ0n) is 9.58. The summed E-state index contributed by atoms with van der Waals surface area (Å²) >= 11 is 0. The molecule has 0 aromatic rings. The summed E-state index contributed by atoms with van der Waals surface area (Å²) in [6, 6.07) is 0. The number of fused-ring (bicyclic) bond motifs is 2. The largest absolute Gasteiger partial charge is 0.452 e. The average molecular weight is 210 g/mol. The van der Waals surface area contributed by atoms with Crippen molar-refractivity contribution >= 4 is 5.97 Å². The van der Waals surface area contributed by atoms with E-state index in [0.717, 1.165) is 24.8 Å². The summed E-state index contributed by atoms with van der Waals surface area (Å²) in [7, 11) is 0. The first-order valence-electron chi connectivity index (χ1n) is 5.57. The Morgan fingerprint density at radius 1 is 1.47 bits per heavy atom. The highest BCUT2D eigenvalue weighted by Crippen LogP contribution is 2.47. The number of allylic oxidation sites excluding steroid dienone is 1. The highest BCUT2D eigenvalue weighted by molar-refractivity contribution is 5.67. The molecule has 2 heterocycles. The molecule has 3 unspecified atom stereocenters. The molecular formula is C12H18O3. The molecule has 2 aliphatic heterocycles. The van der Waals surface area contributed by atoms with Crippen LogP contribution in [0.1, 0.15) is 40.0 Å². The Hall–Kier alpha value is -0.830. The maximum atomic E-state index is 11.2. The molecule has 3 heteroatoms. The van der Waals surface area contributed by atoms with Crippen LogP contribution in [0.3, 0.4) is 0 Å². The average Bonchev–Trinajstić information content (AvgIpc) is 2.75. The fourth-order valence-electron chi connectivity index (χ4n) is 2.77. The summed E-state index contributed by atoms with van der Waals surface area (Å²) < 4.78 is 11.3. The van der Waals surface area contributed by atoms with Crippen molar-refractivity contribution in [3.8, 4) is 0 Å². The third-order valence-corrected chi connectivity index (χ3v) is 3.58. The van der Waals surface area contributed by atoms with Crippen molar-refractivity contribution in [3.05, 3.63) is 11.6 Å². The lowest BCUT2D eigenvalue weighted by Crippen LogP contribution is -2.44. The van der Waals surface area contributed by atoms with Gasteiger partial charge in [-0.3, -0.25) is 4.79 Å². The van der Waals surface area contributed by atoms with Crippen LogP contribution in [0, 0.1) is 0 Å². The first-order valence-corrected chi connectivity index (χ1v) is 5.57. The normalized spacial score (nSPS) is 39.5. The van der Waals surface area contributed by atoms with Crippen molar-refractivity contribution in [1.82, 2.24) is 0 Å². The molecular weight excluding hydrogens is 192 g/mol. The zero-order valence-corrected chi connectivity index (χ0v) is 9.58. The van der Waals surface area contributed by atoms with E-state index in [9.17, 15) is 4.79 Å². The Labute approximate surface area is 90.4 Å². The van der Waals surface area contributed by atoms with Gasteiger partial charge in [0.05, 0.1) is 6.10 Å². The van der Waals surface area contributed by atoms with Crippen LogP contribution in [0.5, 0.6) is 0 Å². The Morgan fingerprint density at radius 2 is 2.20 bits per heavy atom. The molecule has 0 radical (unpaired) electrons. The van der Waals surface area contributed by atoms with E-state index in [4.69, 9.17) is 9.47 Å². The first kappa shape index (κ1) is 10.7. The quantitative estimate of drug-likeness (QED) is 0.518. The number of rotatable bonds is 2. The van der Waals surface area contributed by atoms with Crippen LogP contribution in [0.25, 0.3) is 0 Å². The molecule has 0 aliphatic carbocycles. The Balaban J connectivity index is 2.28. The molecule has 15 heavy (non-hydrogen) atoms. The third-order valence-electron chi connectivity index (χ3n) is 3.58. The van der Waals surface area contributed by atoms with E-state index in [2.05, 4.69) is 0 Å². The van der Waals surface area contributed by atoms with E-state index in [1.54, 1.807) is 0 Å². The molecule has 0 saturated carbocycles. The summed E-state index contributed by atoms with van der Waals surface area (Å²) in [6.45, 7) is 5.47. The van der Waals surface area contributed by atoms with Gasteiger partial charge >= 0.3 is 5.97 Å². The van der Waals surface area contributed by atoms with E-state index >= 15 is 0 Å². The Morgan fingerprint density at radius 3 is 2.60 bits per heavy atom. The van der Waals surface area contributed by atoms with Crippen molar-refractivity contribution in [2.45, 2.75) is 57.8 Å². The summed E-state index contributed by atoms with van der Waals surface area (Å²) in [4.78, 5) is 11.2. The monoisotopic (exact) mass is 210 g/mol. The lowest BCUT2D eigenvalue weighted by molar-refractivity contribution is -0.158. The summed E-state index contributed by atoms with van der Waals surface area (Å²) in [6.07, 6.45) is 5.31. The van der Waals surface area contributed by atoms with Gasteiger partial charge in [-0.1, -0.05) is 6.08 Å². The molecule has 0 N–H and O–H groups in total. The summed E-state index contributed by atoms with van der Waals surface area (Å²) in [5.74, 6) is -0.215. The van der Waals surface area contributed by atoms with E-state index in [1.165, 1.54) is 6.92 Å². The minimum atomic E-state index is -0.469. The molecule has 0 spiro atoms. The predicted molar refractivity (Wildman–Crippen MR) is 56.4 cm³/mol. The van der Waals surface area contributed by atoms with E-state index in [-0.39, 0.29) is 18.2 Å². The first-order chi connectivity index (χ1) is 7.08. The maximum Gasteiger partial charge on any atom is 0.303 e. The van der Waals surface area contributed by atoms with Gasteiger partial charge in [-0.15, -0.1) is 0 Å². The summed E-state index contributed by atoms with van der Waals surface area (Å²) in [5, 5.41) is 0. The SMILES string of the molecule is C/C=C(\C)C1(OC(C)=O)CC2CCC1O2. The lowest BCUT2D eigenvalue weighted by Gasteiger charge is -2.35. The van der Waals surface area contributed by atoms with Crippen LogP contribution in [-0.2, 0) is 14.3 Å². The highest BCUT2D eigenvalue weighted by atomic mass is 16.6. The van der Waals surface area contributed by atoms with Crippen LogP contribution in [-0.4, -0.2) is 23.8 Å². The topological polar surface area (TPSA) is 35.5 Å². The molecule has 0 aromatic heterocycles. The van der Waals surface area contributed by atoms with Crippen LogP contribution in [0.2, 0.25) is 0 Å². The van der Waals surface area contributed by atoms with E-state index < -0.39 is 5.60 Å². The zero-order chi connectivity index (χ0) is 11.1. The second-order valence-corrected chi connectivity index (χ2v) is 4.48. The lowest BCUT2D eigenvalue weighted by atomic mass is 9.79. The molecule has 2 saturated heterocycles. The third kappa shape index (κ3) is 1.59. The van der Waals surface area contributed by atoms with Gasteiger partial charge in [-0.25, -0.2) is 0 Å². The van der Waals surface area contributed by atoms with Gasteiger partial charge < -0.3 is 9.47 Å². The van der Waals surface area contributed by atoms with Gasteiger partial charge in [-0.2, -0.15) is 0 Å². The fourth-order valence-corrected chi connectivity index (χ4v) is 2.77. The highest BCUT2D eigenvalue weighted by Gasteiger charge is 2.55. The smallest absolute Gasteiger partial charge is 0.303 e. The molecule has 0 aromatic carbocycles. The van der Waals surface area contributed by atoms with Crippen molar-refractivity contribution in [1.29, 1.82) is 0 Å². The number of esters is 1. The molecule has 2 aliphatic rings.